The van der Waals surface area contributed by atoms with Crippen molar-refractivity contribution in [3.63, 3.8) is 0 Å². The Bertz CT molecular complexity index is 1090. The van der Waals surface area contributed by atoms with Crippen LogP contribution < -0.4 is 4.74 Å². The second-order valence-corrected chi connectivity index (χ2v) is 8.70. The van der Waals surface area contributed by atoms with Crippen LogP contribution in [0.3, 0.4) is 0 Å². The summed E-state index contributed by atoms with van der Waals surface area (Å²) >= 11 is 7.26. The van der Waals surface area contributed by atoms with E-state index in [1.165, 1.54) is 16.7 Å². The van der Waals surface area contributed by atoms with Gasteiger partial charge in [0.15, 0.2) is 5.16 Å². The molecule has 1 aromatic heterocycles. The van der Waals surface area contributed by atoms with Gasteiger partial charge >= 0.3 is 0 Å². The van der Waals surface area contributed by atoms with E-state index in [0.717, 1.165) is 18.5 Å². The first kappa shape index (κ1) is 21.4. The van der Waals surface area contributed by atoms with E-state index in [1.54, 1.807) is 37.7 Å². The second kappa shape index (κ2) is 9.53. The van der Waals surface area contributed by atoms with Crippen molar-refractivity contribution in [1.29, 1.82) is 0 Å². The lowest BCUT2D eigenvalue weighted by atomic mass is 10.2. The summed E-state index contributed by atoms with van der Waals surface area (Å²) in [5, 5.41) is 8.95. The van der Waals surface area contributed by atoms with Crippen LogP contribution >= 0.6 is 23.4 Å². The number of carbonyl (C=O) groups excluding carboxylic acids is 2. The van der Waals surface area contributed by atoms with Gasteiger partial charge in [0, 0.05) is 23.2 Å². The lowest BCUT2D eigenvalue weighted by molar-refractivity contribution is -0.127. The Hall–Kier alpha value is -2.84. The van der Waals surface area contributed by atoms with E-state index < -0.39 is 5.25 Å². The predicted octanol–water partition coefficient (Wildman–Crippen LogP) is 4.24. The van der Waals surface area contributed by atoms with Crippen LogP contribution in [-0.4, -0.2) is 50.4 Å². The summed E-state index contributed by atoms with van der Waals surface area (Å²) in [6.07, 6.45) is 3.89. The molecule has 2 amide bonds. The normalized spacial score (nSPS) is 16.8. The molecular formula is C22H21ClN4O3S. The predicted molar refractivity (Wildman–Crippen MR) is 119 cm³/mol. The average Bonchev–Trinajstić information content (AvgIpc) is 3.18. The van der Waals surface area contributed by atoms with E-state index in [9.17, 15) is 9.59 Å². The standard InChI is InChI=1S/C22H21ClN4O3S/c1-30-18-6-4-5-17(13-18)27-14-24-25-22(27)31-19-7-2-3-12-26(21(19)29)20(28)15-8-10-16(23)11-9-15/h4-6,8-11,13-14,19H,2-3,7,12H2,1H3. The second-order valence-electron chi connectivity index (χ2n) is 7.09. The van der Waals surface area contributed by atoms with Crippen LogP contribution in [0, 0.1) is 0 Å². The van der Waals surface area contributed by atoms with Gasteiger partial charge in [-0.25, -0.2) is 0 Å². The molecule has 1 aliphatic heterocycles. The molecule has 1 aliphatic rings. The Balaban J connectivity index is 1.56. The number of hydrogen-bond donors (Lipinski definition) is 0. The van der Waals surface area contributed by atoms with Crippen molar-refractivity contribution in [2.24, 2.45) is 0 Å². The molecular weight excluding hydrogens is 436 g/mol. The SMILES string of the molecule is COc1cccc(-n2cnnc2SC2CCCCN(C(=O)c3ccc(Cl)cc3)C2=O)c1. The number of rotatable bonds is 5. The molecule has 0 saturated carbocycles. The highest BCUT2D eigenvalue weighted by Crippen LogP contribution is 2.31. The minimum atomic E-state index is -0.424. The van der Waals surface area contributed by atoms with Gasteiger partial charge in [-0.15, -0.1) is 10.2 Å². The maximum Gasteiger partial charge on any atom is 0.260 e. The fraction of sp³-hybridized carbons (Fsp3) is 0.273. The maximum atomic E-state index is 13.3. The molecule has 1 saturated heterocycles. The molecule has 0 N–H and O–H groups in total. The first-order chi connectivity index (χ1) is 15.1. The fourth-order valence-electron chi connectivity index (χ4n) is 3.44. The fourth-order valence-corrected chi connectivity index (χ4v) is 4.69. The van der Waals surface area contributed by atoms with E-state index in [0.29, 0.717) is 34.5 Å². The van der Waals surface area contributed by atoms with Crippen molar-refractivity contribution in [3.8, 4) is 11.4 Å². The Labute approximate surface area is 189 Å². The van der Waals surface area contributed by atoms with Gasteiger partial charge < -0.3 is 4.74 Å². The Morgan fingerprint density at radius 1 is 1.19 bits per heavy atom. The van der Waals surface area contributed by atoms with Gasteiger partial charge in [0.05, 0.1) is 18.0 Å². The molecule has 0 spiro atoms. The minimum Gasteiger partial charge on any atom is -0.497 e. The Morgan fingerprint density at radius 3 is 2.77 bits per heavy atom. The molecule has 1 fully saturated rings. The summed E-state index contributed by atoms with van der Waals surface area (Å²) in [6.45, 7) is 0.403. The third-order valence-electron chi connectivity index (χ3n) is 5.07. The monoisotopic (exact) mass is 456 g/mol. The minimum absolute atomic E-state index is 0.206. The number of nitrogens with zero attached hydrogens (tertiary/aromatic N) is 4. The zero-order chi connectivity index (χ0) is 21.8. The molecule has 7 nitrogen and oxygen atoms in total. The van der Waals surface area contributed by atoms with Crippen molar-refractivity contribution in [2.45, 2.75) is 29.7 Å². The number of amides is 2. The molecule has 4 rings (SSSR count). The van der Waals surface area contributed by atoms with Gasteiger partial charge in [0.25, 0.3) is 5.91 Å². The molecule has 3 aromatic rings. The van der Waals surface area contributed by atoms with Gasteiger partial charge in [-0.05, 0) is 49.2 Å². The molecule has 160 valence electrons. The Morgan fingerprint density at radius 2 is 2.00 bits per heavy atom. The molecule has 1 unspecified atom stereocenters. The zero-order valence-corrected chi connectivity index (χ0v) is 18.5. The van der Waals surface area contributed by atoms with Crippen molar-refractivity contribution >= 4 is 35.2 Å². The molecule has 0 radical (unpaired) electrons. The zero-order valence-electron chi connectivity index (χ0n) is 16.9. The smallest absolute Gasteiger partial charge is 0.260 e. The van der Waals surface area contributed by atoms with E-state index in [4.69, 9.17) is 16.3 Å². The lowest BCUT2D eigenvalue weighted by Crippen LogP contribution is -2.41. The van der Waals surface area contributed by atoms with Gasteiger partial charge in [0.1, 0.15) is 12.1 Å². The highest BCUT2D eigenvalue weighted by atomic mass is 35.5. The van der Waals surface area contributed by atoms with E-state index in [1.807, 2.05) is 28.8 Å². The first-order valence-electron chi connectivity index (χ1n) is 9.89. The van der Waals surface area contributed by atoms with Gasteiger partial charge in [-0.1, -0.05) is 35.9 Å². The van der Waals surface area contributed by atoms with Crippen LogP contribution in [0.25, 0.3) is 5.69 Å². The van der Waals surface area contributed by atoms with Crippen LogP contribution in [0.1, 0.15) is 29.6 Å². The van der Waals surface area contributed by atoms with E-state index in [-0.39, 0.29) is 11.8 Å². The molecule has 1 atom stereocenters. The largest absolute Gasteiger partial charge is 0.497 e. The molecule has 9 heteroatoms. The molecule has 31 heavy (non-hydrogen) atoms. The van der Waals surface area contributed by atoms with Crippen molar-refractivity contribution in [2.75, 3.05) is 13.7 Å². The first-order valence-corrected chi connectivity index (χ1v) is 11.1. The molecule has 2 heterocycles. The topological polar surface area (TPSA) is 77.3 Å². The third-order valence-corrected chi connectivity index (χ3v) is 6.53. The lowest BCUT2D eigenvalue weighted by Gasteiger charge is -2.22. The third kappa shape index (κ3) is 4.75. The summed E-state index contributed by atoms with van der Waals surface area (Å²) < 4.78 is 7.11. The summed E-state index contributed by atoms with van der Waals surface area (Å²) in [4.78, 5) is 27.6. The number of imide groups is 1. The van der Waals surface area contributed by atoms with Crippen molar-refractivity contribution in [1.82, 2.24) is 19.7 Å². The number of methoxy groups -OCH3 is 1. The molecule has 0 bridgehead atoms. The van der Waals surface area contributed by atoms with E-state index >= 15 is 0 Å². The van der Waals surface area contributed by atoms with Gasteiger partial charge in [0.2, 0.25) is 5.91 Å². The maximum absolute atomic E-state index is 13.3. The highest BCUT2D eigenvalue weighted by Gasteiger charge is 2.33. The molecule has 2 aromatic carbocycles. The van der Waals surface area contributed by atoms with Crippen LogP contribution in [0.5, 0.6) is 5.75 Å². The number of halogens is 1. The number of ether oxygens (including phenoxy) is 1. The molecule has 0 aliphatic carbocycles. The summed E-state index contributed by atoms with van der Waals surface area (Å²) in [5.74, 6) is 0.207. The quantitative estimate of drug-likeness (QED) is 0.534. The number of benzene rings is 2. The highest BCUT2D eigenvalue weighted by molar-refractivity contribution is 8.00. The number of carbonyl (C=O) groups is 2. The summed E-state index contributed by atoms with van der Waals surface area (Å²) in [5.41, 5.74) is 1.28. The number of likely N-dealkylation sites (tertiary alicyclic amines) is 1. The number of thioether (sulfide) groups is 1. The van der Waals surface area contributed by atoms with Crippen LogP contribution in [0.4, 0.5) is 0 Å². The van der Waals surface area contributed by atoms with Crippen LogP contribution in [0.15, 0.2) is 60.0 Å². The van der Waals surface area contributed by atoms with Gasteiger partial charge in [-0.3, -0.25) is 19.1 Å². The van der Waals surface area contributed by atoms with Crippen molar-refractivity contribution < 1.29 is 14.3 Å². The Kier molecular flexibility index (Phi) is 6.58. The average molecular weight is 457 g/mol. The van der Waals surface area contributed by atoms with Crippen LogP contribution in [0.2, 0.25) is 5.02 Å². The van der Waals surface area contributed by atoms with E-state index in [2.05, 4.69) is 10.2 Å². The van der Waals surface area contributed by atoms with Gasteiger partial charge in [-0.2, -0.15) is 0 Å². The number of aromatic nitrogens is 3. The van der Waals surface area contributed by atoms with Crippen LogP contribution in [-0.2, 0) is 4.79 Å². The summed E-state index contributed by atoms with van der Waals surface area (Å²) in [7, 11) is 1.61. The van der Waals surface area contributed by atoms with Crippen molar-refractivity contribution in [3.05, 3.63) is 65.4 Å². The number of hydrogen-bond acceptors (Lipinski definition) is 6. The summed E-state index contributed by atoms with van der Waals surface area (Å²) in [6, 6.07) is 14.1.